The van der Waals surface area contributed by atoms with Gasteiger partial charge < -0.3 is 4.90 Å². The van der Waals surface area contributed by atoms with E-state index in [1.165, 1.54) is 11.8 Å². The fourth-order valence-corrected chi connectivity index (χ4v) is 3.86. The standard InChI is InChI=1S/C21H18N2O4/c1-12(24)13-5-2-3-6-14(13)15-7-4-8-16-17(15)11-23(21(16)27)18-9-10-19(25)22-20(18)26/h2-8,18H,9-11H2,1H3,(H,22,25,26). The molecule has 2 aliphatic heterocycles. The largest absolute Gasteiger partial charge is 0.322 e. The molecule has 1 atom stereocenters. The van der Waals surface area contributed by atoms with Crippen LogP contribution in [0.25, 0.3) is 11.1 Å². The van der Waals surface area contributed by atoms with Crippen molar-refractivity contribution in [1.29, 1.82) is 0 Å². The van der Waals surface area contributed by atoms with E-state index in [4.69, 9.17) is 0 Å². The van der Waals surface area contributed by atoms with Crippen molar-refractivity contribution >= 4 is 23.5 Å². The van der Waals surface area contributed by atoms with Gasteiger partial charge in [0.2, 0.25) is 11.8 Å². The Bertz CT molecular complexity index is 995. The molecule has 0 radical (unpaired) electrons. The van der Waals surface area contributed by atoms with Gasteiger partial charge in [-0.1, -0.05) is 36.4 Å². The summed E-state index contributed by atoms with van der Waals surface area (Å²) in [7, 11) is 0. The summed E-state index contributed by atoms with van der Waals surface area (Å²) >= 11 is 0. The quantitative estimate of drug-likeness (QED) is 0.671. The number of carbonyl (C=O) groups is 4. The van der Waals surface area contributed by atoms with Crippen molar-refractivity contribution in [1.82, 2.24) is 10.2 Å². The topological polar surface area (TPSA) is 83.6 Å². The number of nitrogens with zero attached hydrogens (tertiary/aromatic N) is 1. The van der Waals surface area contributed by atoms with Gasteiger partial charge in [0.15, 0.2) is 5.78 Å². The average Bonchev–Trinajstić information content (AvgIpc) is 2.98. The van der Waals surface area contributed by atoms with Gasteiger partial charge in [0, 0.05) is 24.1 Å². The van der Waals surface area contributed by atoms with Crippen LogP contribution in [0.15, 0.2) is 42.5 Å². The van der Waals surface area contributed by atoms with Gasteiger partial charge in [-0.25, -0.2) is 0 Å². The van der Waals surface area contributed by atoms with Crippen molar-refractivity contribution < 1.29 is 19.2 Å². The zero-order valence-corrected chi connectivity index (χ0v) is 14.8. The normalized spacial score (nSPS) is 19.1. The van der Waals surface area contributed by atoms with Crippen LogP contribution in [0.3, 0.4) is 0 Å². The fraction of sp³-hybridized carbons (Fsp3) is 0.238. The summed E-state index contributed by atoms with van der Waals surface area (Å²) in [5, 5.41) is 2.31. The number of rotatable bonds is 3. The Morgan fingerprint density at radius 2 is 1.70 bits per heavy atom. The highest BCUT2D eigenvalue weighted by atomic mass is 16.2. The second-order valence-corrected chi connectivity index (χ2v) is 6.83. The molecule has 4 rings (SSSR count). The summed E-state index contributed by atoms with van der Waals surface area (Å²) in [5.41, 5.74) is 3.54. The Kier molecular flexibility index (Phi) is 4.11. The van der Waals surface area contributed by atoms with E-state index in [1.807, 2.05) is 24.3 Å². The first-order chi connectivity index (χ1) is 13.0. The van der Waals surface area contributed by atoms with Gasteiger partial charge >= 0.3 is 0 Å². The Labute approximate surface area is 156 Å². The van der Waals surface area contributed by atoms with Crippen LogP contribution in [0.4, 0.5) is 0 Å². The molecule has 0 aromatic heterocycles. The molecular formula is C21H18N2O4. The predicted molar refractivity (Wildman–Crippen MR) is 97.9 cm³/mol. The zero-order valence-electron chi connectivity index (χ0n) is 14.8. The first-order valence-corrected chi connectivity index (χ1v) is 8.84. The number of Topliss-reactive ketones (excluding diaryl/α,β-unsaturated/α-hetero) is 1. The molecule has 0 spiro atoms. The van der Waals surface area contributed by atoms with Crippen LogP contribution in [-0.2, 0) is 16.1 Å². The molecule has 2 heterocycles. The number of piperidine rings is 1. The van der Waals surface area contributed by atoms with E-state index in [1.54, 1.807) is 18.2 Å². The lowest BCUT2D eigenvalue weighted by Gasteiger charge is -2.29. The Balaban J connectivity index is 1.75. The SMILES string of the molecule is CC(=O)c1ccccc1-c1cccc2c1CN(C1CCC(=O)NC1=O)C2=O. The number of amides is 3. The van der Waals surface area contributed by atoms with Crippen LogP contribution in [0.5, 0.6) is 0 Å². The molecule has 6 nitrogen and oxygen atoms in total. The van der Waals surface area contributed by atoms with E-state index >= 15 is 0 Å². The minimum Gasteiger partial charge on any atom is -0.322 e. The highest BCUT2D eigenvalue weighted by Gasteiger charge is 2.40. The Morgan fingerprint density at radius 3 is 2.44 bits per heavy atom. The fourth-order valence-electron chi connectivity index (χ4n) is 3.86. The van der Waals surface area contributed by atoms with Crippen LogP contribution >= 0.6 is 0 Å². The molecule has 3 amide bonds. The van der Waals surface area contributed by atoms with Crippen molar-refractivity contribution in [2.75, 3.05) is 0 Å². The molecule has 0 bridgehead atoms. The first-order valence-electron chi connectivity index (χ1n) is 8.84. The van der Waals surface area contributed by atoms with E-state index in [9.17, 15) is 19.2 Å². The lowest BCUT2D eigenvalue weighted by atomic mass is 9.92. The average molecular weight is 362 g/mol. The van der Waals surface area contributed by atoms with Crippen LogP contribution < -0.4 is 5.32 Å². The summed E-state index contributed by atoms with van der Waals surface area (Å²) in [5.74, 6) is -1.01. The van der Waals surface area contributed by atoms with Crippen molar-refractivity contribution in [2.45, 2.75) is 32.4 Å². The van der Waals surface area contributed by atoms with Crippen molar-refractivity contribution in [2.24, 2.45) is 0 Å². The molecule has 1 N–H and O–H groups in total. The lowest BCUT2D eigenvalue weighted by Crippen LogP contribution is -2.52. The third-order valence-electron chi connectivity index (χ3n) is 5.18. The van der Waals surface area contributed by atoms with Crippen LogP contribution in [-0.4, -0.2) is 34.4 Å². The minimum absolute atomic E-state index is 0.0467. The lowest BCUT2D eigenvalue weighted by molar-refractivity contribution is -0.136. The third-order valence-corrected chi connectivity index (χ3v) is 5.18. The van der Waals surface area contributed by atoms with E-state index in [-0.39, 0.29) is 30.6 Å². The van der Waals surface area contributed by atoms with Crippen molar-refractivity contribution in [3.63, 3.8) is 0 Å². The van der Waals surface area contributed by atoms with Crippen LogP contribution in [0.1, 0.15) is 46.0 Å². The van der Waals surface area contributed by atoms with Gasteiger partial charge in [0.1, 0.15) is 6.04 Å². The van der Waals surface area contributed by atoms with Crippen molar-refractivity contribution in [3.05, 3.63) is 59.2 Å². The molecule has 0 aliphatic carbocycles. The smallest absolute Gasteiger partial charge is 0.255 e. The summed E-state index contributed by atoms with van der Waals surface area (Å²) < 4.78 is 0. The predicted octanol–water partition coefficient (Wildman–Crippen LogP) is 2.32. The van der Waals surface area contributed by atoms with E-state index < -0.39 is 11.9 Å². The maximum Gasteiger partial charge on any atom is 0.255 e. The summed E-state index contributed by atoms with van der Waals surface area (Å²) in [6, 6.07) is 12.1. The first kappa shape index (κ1) is 17.1. The minimum atomic E-state index is -0.654. The molecular weight excluding hydrogens is 344 g/mol. The van der Waals surface area contributed by atoms with Crippen LogP contribution in [0.2, 0.25) is 0 Å². The molecule has 2 aliphatic rings. The molecule has 1 saturated heterocycles. The highest BCUT2D eigenvalue weighted by molar-refractivity contribution is 6.07. The molecule has 2 aromatic carbocycles. The number of hydrogen-bond acceptors (Lipinski definition) is 4. The van der Waals surface area contributed by atoms with E-state index in [0.29, 0.717) is 17.5 Å². The Hall–Kier alpha value is -3.28. The second kappa shape index (κ2) is 6.46. The number of hydrogen-bond donors (Lipinski definition) is 1. The summed E-state index contributed by atoms with van der Waals surface area (Å²) in [6.07, 6.45) is 0.542. The van der Waals surface area contributed by atoms with Gasteiger partial charge in [-0.15, -0.1) is 0 Å². The van der Waals surface area contributed by atoms with Gasteiger partial charge in [-0.2, -0.15) is 0 Å². The number of imide groups is 1. The highest BCUT2D eigenvalue weighted by Crippen LogP contribution is 2.36. The maximum absolute atomic E-state index is 12.9. The number of fused-ring (bicyclic) bond motifs is 1. The van der Waals surface area contributed by atoms with Crippen molar-refractivity contribution in [3.8, 4) is 11.1 Å². The van der Waals surface area contributed by atoms with Crippen LogP contribution in [0, 0.1) is 0 Å². The van der Waals surface area contributed by atoms with E-state index in [0.717, 1.165) is 16.7 Å². The maximum atomic E-state index is 12.9. The third kappa shape index (κ3) is 2.83. The van der Waals surface area contributed by atoms with E-state index in [2.05, 4.69) is 5.32 Å². The monoisotopic (exact) mass is 362 g/mol. The van der Waals surface area contributed by atoms with Gasteiger partial charge in [-0.3, -0.25) is 24.5 Å². The number of ketones is 1. The van der Waals surface area contributed by atoms with Gasteiger partial charge in [0.05, 0.1) is 0 Å². The Morgan fingerprint density at radius 1 is 1.00 bits per heavy atom. The molecule has 136 valence electrons. The molecule has 1 fully saturated rings. The molecule has 27 heavy (non-hydrogen) atoms. The summed E-state index contributed by atoms with van der Waals surface area (Å²) in [4.78, 5) is 50.1. The molecule has 0 saturated carbocycles. The van der Waals surface area contributed by atoms with Gasteiger partial charge in [-0.05, 0) is 36.1 Å². The molecule has 2 aromatic rings. The zero-order chi connectivity index (χ0) is 19.1. The molecule has 1 unspecified atom stereocenters. The number of carbonyl (C=O) groups excluding carboxylic acids is 4. The number of benzene rings is 2. The number of nitrogens with one attached hydrogen (secondary N) is 1. The summed E-state index contributed by atoms with van der Waals surface area (Å²) in [6.45, 7) is 1.80. The molecule has 6 heteroatoms. The second-order valence-electron chi connectivity index (χ2n) is 6.83. The van der Waals surface area contributed by atoms with Gasteiger partial charge in [0.25, 0.3) is 5.91 Å².